The van der Waals surface area contributed by atoms with Crippen molar-refractivity contribution in [2.75, 3.05) is 18.0 Å². The van der Waals surface area contributed by atoms with Gasteiger partial charge in [-0.05, 0) is 31.4 Å². The Hall–Kier alpha value is -1.72. The summed E-state index contributed by atoms with van der Waals surface area (Å²) in [5.41, 5.74) is 2.07. The molecule has 2 rings (SSSR count). The first-order valence-corrected chi connectivity index (χ1v) is 6.55. The summed E-state index contributed by atoms with van der Waals surface area (Å²) in [6.07, 6.45) is -2.55. The molecule has 1 heterocycles. The summed E-state index contributed by atoms with van der Waals surface area (Å²) >= 11 is 0. The first kappa shape index (κ1) is 14.7. The number of halogens is 3. The zero-order chi connectivity index (χ0) is 14.8. The molecule has 0 aliphatic carbocycles. The van der Waals surface area contributed by atoms with Gasteiger partial charge in [0.2, 0.25) is 5.91 Å². The zero-order valence-electron chi connectivity index (χ0n) is 11.2. The number of rotatable bonds is 3. The fraction of sp³-hybridized carbons (Fsp3) is 0.500. The maximum Gasteiger partial charge on any atom is 0.405 e. The number of nitrogens with one attached hydrogen (secondary N) is 1. The third kappa shape index (κ3) is 3.65. The maximum absolute atomic E-state index is 12.1. The van der Waals surface area contributed by atoms with E-state index in [0.717, 1.165) is 24.1 Å². The number of hydrogen-bond donors (Lipinski definition) is 1. The third-order valence-electron chi connectivity index (χ3n) is 3.46. The Morgan fingerprint density at radius 2 is 2.10 bits per heavy atom. The SMILES string of the molecule is C[C@H]1CCc2ccccc2N1CC(=O)NCC(F)(F)F. The molecule has 3 nitrogen and oxygen atoms in total. The average Bonchev–Trinajstić information content (AvgIpc) is 2.39. The monoisotopic (exact) mass is 286 g/mol. The van der Waals surface area contributed by atoms with Crippen molar-refractivity contribution < 1.29 is 18.0 Å². The summed E-state index contributed by atoms with van der Waals surface area (Å²) in [5, 5.41) is 1.92. The molecule has 1 amide bonds. The minimum atomic E-state index is -4.37. The van der Waals surface area contributed by atoms with Crippen LogP contribution in [0.2, 0.25) is 0 Å². The van der Waals surface area contributed by atoms with Crippen molar-refractivity contribution in [1.29, 1.82) is 0 Å². The van der Waals surface area contributed by atoms with E-state index in [0.29, 0.717) is 0 Å². The molecule has 20 heavy (non-hydrogen) atoms. The van der Waals surface area contributed by atoms with Crippen LogP contribution < -0.4 is 10.2 Å². The second kappa shape index (κ2) is 5.73. The van der Waals surface area contributed by atoms with E-state index in [4.69, 9.17) is 0 Å². The normalized spacial score (nSPS) is 18.6. The predicted molar refractivity (Wildman–Crippen MR) is 70.6 cm³/mol. The van der Waals surface area contributed by atoms with Crippen LogP contribution in [-0.4, -0.2) is 31.2 Å². The van der Waals surface area contributed by atoms with Crippen LogP contribution in [0.15, 0.2) is 24.3 Å². The van der Waals surface area contributed by atoms with Gasteiger partial charge in [0.25, 0.3) is 0 Å². The second-order valence-electron chi connectivity index (χ2n) is 5.04. The molecule has 1 aliphatic heterocycles. The van der Waals surface area contributed by atoms with E-state index in [1.54, 1.807) is 0 Å². The fourth-order valence-electron chi connectivity index (χ4n) is 2.41. The van der Waals surface area contributed by atoms with E-state index in [1.165, 1.54) is 0 Å². The van der Waals surface area contributed by atoms with E-state index in [-0.39, 0.29) is 12.6 Å². The van der Waals surface area contributed by atoms with Crippen molar-refractivity contribution in [1.82, 2.24) is 5.32 Å². The summed E-state index contributed by atoms with van der Waals surface area (Å²) in [6, 6.07) is 7.83. The molecular weight excluding hydrogens is 269 g/mol. The smallest absolute Gasteiger partial charge is 0.359 e. The van der Waals surface area contributed by atoms with Gasteiger partial charge in [-0.25, -0.2) is 0 Å². The number of anilines is 1. The number of nitrogens with zero attached hydrogens (tertiary/aromatic N) is 1. The Labute approximate surface area is 115 Å². The van der Waals surface area contributed by atoms with Gasteiger partial charge >= 0.3 is 6.18 Å². The first-order valence-electron chi connectivity index (χ1n) is 6.55. The van der Waals surface area contributed by atoms with Crippen molar-refractivity contribution in [3.63, 3.8) is 0 Å². The van der Waals surface area contributed by atoms with Crippen LogP contribution in [0.4, 0.5) is 18.9 Å². The van der Waals surface area contributed by atoms with Crippen molar-refractivity contribution in [3.05, 3.63) is 29.8 Å². The number of amides is 1. The number of carbonyl (C=O) groups is 1. The lowest BCUT2D eigenvalue weighted by molar-refractivity contribution is -0.137. The molecule has 0 radical (unpaired) electrons. The largest absolute Gasteiger partial charge is 0.405 e. The van der Waals surface area contributed by atoms with Gasteiger partial charge in [-0.2, -0.15) is 13.2 Å². The molecule has 1 aliphatic rings. The van der Waals surface area contributed by atoms with Crippen molar-refractivity contribution in [2.24, 2.45) is 0 Å². The molecule has 1 atom stereocenters. The van der Waals surface area contributed by atoms with Gasteiger partial charge in [0, 0.05) is 11.7 Å². The number of carbonyl (C=O) groups excluding carboxylic acids is 1. The van der Waals surface area contributed by atoms with Crippen molar-refractivity contribution in [3.8, 4) is 0 Å². The summed E-state index contributed by atoms with van der Waals surface area (Å²) in [7, 11) is 0. The maximum atomic E-state index is 12.1. The molecule has 0 saturated carbocycles. The van der Waals surface area contributed by atoms with Gasteiger partial charge in [0.15, 0.2) is 0 Å². The van der Waals surface area contributed by atoms with E-state index in [2.05, 4.69) is 0 Å². The molecule has 0 spiro atoms. The fourth-order valence-corrected chi connectivity index (χ4v) is 2.41. The molecule has 110 valence electrons. The number of alkyl halides is 3. The zero-order valence-corrected chi connectivity index (χ0v) is 11.2. The van der Waals surface area contributed by atoms with Crippen LogP contribution in [-0.2, 0) is 11.2 Å². The molecule has 0 unspecified atom stereocenters. The van der Waals surface area contributed by atoms with Crippen LogP contribution in [0.1, 0.15) is 18.9 Å². The van der Waals surface area contributed by atoms with Gasteiger partial charge in [-0.15, -0.1) is 0 Å². The summed E-state index contributed by atoms with van der Waals surface area (Å²) in [5.74, 6) is -0.606. The topological polar surface area (TPSA) is 32.3 Å². The van der Waals surface area contributed by atoms with Gasteiger partial charge in [-0.1, -0.05) is 18.2 Å². The standard InChI is InChI=1S/C14H17F3N2O/c1-10-6-7-11-4-2-3-5-12(11)19(10)8-13(20)18-9-14(15,16)17/h2-5,10H,6-9H2,1H3,(H,18,20)/t10-/m0/s1. The van der Waals surface area contributed by atoms with E-state index < -0.39 is 18.6 Å². The van der Waals surface area contributed by atoms with E-state index in [1.807, 2.05) is 41.4 Å². The van der Waals surface area contributed by atoms with Crippen molar-refractivity contribution >= 4 is 11.6 Å². The molecular formula is C14H17F3N2O. The first-order chi connectivity index (χ1) is 9.37. The molecule has 0 bridgehead atoms. The number of benzene rings is 1. The third-order valence-corrected chi connectivity index (χ3v) is 3.46. The Morgan fingerprint density at radius 1 is 1.40 bits per heavy atom. The minimum Gasteiger partial charge on any atom is -0.359 e. The minimum absolute atomic E-state index is 0.0474. The van der Waals surface area contributed by atoms with Crippen molar-refractivity contribution in [2.45, 2.75) is 32.0 Å². The number of para-hydroxylation sites is 1. The lowest BCUT2D eigenvalue weighted by Gasteiger charge is -2.36. The Balaban J connectivity index is 2.03. The molecule has 0 aromatic heterocycles. The molecule has 0 saturated heterocycles. The number of aryl methyl sites for hydroxylation is 1. The highest BCUT2D eigenvalue weighted by Gasteiger charge is 2.29. The van der Waals surface area contributed by atoms with Gasteiger partial charge in [0.05, 0.1) is 6.54 Å². The Morgan fingerprint density at radius 3 is 2.80 bits per heavy atom. The highest BCUT2D eigenvalue weighted by Crippen LogP contribution is 2.29. The quantitative estimate of drug-likeness (QED) is 0.926. The Kier molecular flexibility index (Phi) is 4.20. The molecule has 0 fully saturated rings. The summed E-state index contributed by atoms with van der Waals surface area (Å²) < 4.78 is 36.2. The highest BCUT2D eigenvalue weighted by molar-refractivity contribution is 5.82. The predicted octanol–water partition coefficient (Wildman–Crippen LogP) is 2.51. The molecule has 1 N–H and O–H groups in total. The number of hydrogen-bond acceptors (Lipinski definition) is 2. The van der Waals surface area contributed by atoms with Crippen LogP contribution in [0.25, 0.3) is 0 Å². The summed E-state index contributed by atoms with van der Waals surface area (Å²) in [4.78, 5) is 13.5. The molecule has 1 aromatic rings. The van der Waals surface area contributed by atoms with E-state index >= 15 is 0 Å². The number of fused-ring (bicyclic) bond motifs is 1. The van der Waals surface area contributed by atoms with Gasteiger partial charge < -0.3 is 10.2 Å². The lowest BCUT2D eigenvalue weighted by Crippen LogP contribution is -2.46. The Bertz CT molecular complexity index is 488. The van der Waals surface area contributed by atoms with E-state index in [9.17, 15) is 18.0 Å². The van der Waals surface area contributed by atoms with Crippen LogP contribution in [0, 0.1) is 0 Å². The van der Waals surface area contributed by atoms with Crippen LogP contribution >= 0.6 is 0 Å². The van der Waals surface area contributed by atoms with Gasteiger partial charge in [0.1, 0.15) is 6.54 Å². The lowest BCUT2D eigenvalue weighted by atomic mass is 9.97. The summed E-state index contributed by atoms with van der Waals surface area (Å²) in [6.45, 7) is 0.650. The van der Waals surface area contributed by atoms with Crippen LogP contribution in [0.5, 0.6) is 0 Å². The second-order valence-corrected chi connectivity index (χ2v) is 5.04. The van der Waals surface area contributed by atoms with Gasteiger partial charge in [-0.3, -0.25) is 4.79 Å². The molecule has 6 heteroatoms. The van der Waals surface area contributed by atoms with Crippen LogP contribution in [0.3, 0.4) is 0 Å². The average molecular weight is 286 g/mol. The molecule has 1 aromatic carbocycles. The highest BCUT2D eigenvalue weighted by atomic mass is 19.4.